The molecule has 2 aliphatic rings. The number of nitro groups is 1. The van der Waals surface area contributed by atoms with Gasteiger partial charge in [-0.05, 0) is 37.2 Å². The minimum Gasteiger partial charge on any atom is -0.463 e. The summed E-state index contributed by atoms with van der Waals surface area (Å²) in [6.45, 7) is 4.19. The quantitative estimate of drug-likeness (QED) is 0.364. The zero-order valence-electron chi connectivity index (χ0n) is 17.9. The van der Waals surface area contributed by atoms with E-state index >= 15 is 0 Å². The number of amidine groups is 1. The zero-order valence-corrected chi connectivity index (χ0v) is 19.6. The van der Waals surface area contributed by atoms with Crippen LogP contribution in [0.2, 0.25) is 0 Å². The smallest absolute Gasteiger partial charge is 0.416 e. The Kier molecular flexibility index (Phi) is 8.41. The van der Waals surface area contributed by atoms with Gasteiger partial charge in [0.2, 0.25) is 0 Å². The number of allylic oxidation sites excluding steroid dienone is 2. The van der Waals surface area contributed by atoms with Gasteiger partial charge in [-0.15, -0.1) is 12.4 Å². The average Bonchev–Trinajstić information content (AvgIpc) is 3.23. The molecule has 2 heterocycles. The van der Waals surface area contributed by atoms with Gasteiger partial charge in [-0.1, -0.05) is 18.2 Å². The number of esters is 1. The molecule has 0 aliphatic carbocycles. The highest BCUT2D eigenvalue weighted by atomic mass is 35.5. The van der Waals surface area contributed by atoms with Crippen LogP contribution in [-0.2, 0) is 15.7 Å². The first-order valence-corrected chi connectivity index (χ1v) is 10.5. The number of benzene rings is 1. The van der Waals surface area contributed by atoms with E-state index in [1.165, 1.54) is 24.0 Å². The van der Waals surface area contributed by atoms with Crippen LogP contribution in [-0.4, -0.2) is 47.7 Å². The van der Waals surface area contributed by atoms with Crippen molar-refractivity contribution in [3.05, 3.63) is 67.5 Å². The Labute approximate surface area is 198 Å². The molecular weight excluding hydrogens is 485 g/mol. The normalized spacial score (nSPS) is 18.5. The van der Waals surface area contributed by atoms with E-state index in [4.69, 9.17) is 4.74 Å². The number of rotatable bonds is 5. The molecule has 1 aromatic carbocycles. The standard InChI is InChI=1S/C20H21F3N4O4S.ClH/c1-4-31-18(28)15-14(12-6-5-7-13(10-12)20(21,22)23)16(27(29)30)11(2)26(3)17(15)32-19-24-8-9-25-19;/h5-7,10,14H,4,8-9H2,1-3H3,(H,24,25);1H. The second-order valence-electron chi connectivity index (χ2n) is 7.00. The maximum atomic E-state index is 13.4. The van der Waals surface area contributed by atoms with Crippen LogP contribution in [0.4, 0.5) is 13.2 Å². The van der Waals surface area contributed by atoms with Crippen LogP contribution in [0.1, 0.15) is 30.9 Å². The summed E-state index contributed by atoms with van der Waals surface area (Å²) in [5.41, 5.74) is -1.28. The fourth-order valence-corrected chi connectivity index (χ4v) is 4.60. The van der Waals surface area contributed by atoms with E-state index in [-0.39, 0.29) is 41.5 Å². The van der Waals surface area contributed by atoms with Crippen molar-refractivity contribution in [2.24, 2.45) is 4.99 Å². The Hall–Kier alpha value is -2.73. The average molecular weight is 507 g/mol. The molecule has 1 N–H and O–H groups in total. The van der Waals surface area contributed by atoms with Gasteiger partial charge in [-0.25, -0.2) is 4.79 Å². The first-order chi connectivity index (χ1) is 15.1. The molecule has 2 aliphatic heterocycles. The summed E-state index contributed by atoms with van der Waals surface area (Å²) in [7, 11) is 1.55. The molecule has 0 bridgehead atoms. The lowest BCUT2D eigenvalue weighted by Crippen LogP contribution is -2.34. The van der Waals surface area contributed by atoms with Crippen molar-refractivity contribution < 1.29 is 27.6 Å². The highest BCUT2D eigenvalue weighted by Gasteiger charge is 2.45. The Morgan fingerprint density at radius 2 is 2.12 bits per heavy atom. The monoisotopic (exact) mass is 506 g/mol. The summed E-state index contributed by atoms with van der Waals surface area (Å²) in [6, 6.07) is 4.22. The van der Waals surface area contributed by atoms with Gasteiger partial charge in [0.05, 0.1) is 39.9 Å². The number of alkyl halides is 3. The molecule has 1 unspecified atom stereocenters. The second-order valence-corrected chi connectivity index (χ2v) is 7.98. The van der Waals surface area contributed by atoms with Crippen molar-refractivity contribution in [1.29, 1.82) is 0 Å². The molecule has 8 nitrogen and oxygen atoms in total. The summed E-state index contributed by atoms with van der Waals surface area (Å²) in [5, 5.41) is 15.9. The van der Waals surface area contributed by atoms with E-state index in [0.29, 0.717) is 23.3 Å². The van der Waals surface area contributed by atoms with Gasteiger partial charge in [-0.2, -0.15) is 13.2 Å². The van der Waals surface area contributed by atoms with Gasteiger partial charge in [0.1, 0.15) is 5.92 Å². The number of nitrogens with zero attached hydrogens (tertiary/aromatic N) is 3. The largest absolute Gasteiger partial charge is 0.463 e. The Morgan fingerprint density at radius 3 is 2.67 bits per heavy atom. The fraction of sp³-hybridized carbons (Fsp3) is 0.400. The summed E-state index contributed by atoms with van der Waals surface area (Å²) in [6.07, 6.45) is -4.65. The molecule has 0 aromatic heterocycles. The maximum Gasteiger partial charge on any atom is 0.416 e. The molecule has 0 spiro atoms. The van der Waals surface area contributed by atoms with Crippen molar-refractivity contribution in [3.8, 4) is 0 Å². The molecule has 0 radical (unpaired) electrons. The molecule has 1 aromatic rings. The van der Waals surface area contributed by atoms with Gasteiger partial charge >= 0.3 is 12.1 Å². The molecule has 13 heteroatoms. The Morgan fingerprint density at radius 1 is 1.42 bits per heavy atom. The van der Waals surface area contributed by atoms with Gasteiger partial charge in [0.25, 0.3) is 5.70 Å². The van der Waals surface area contributed by atoms with Crippen LogP contribution in [0, 0.1) is 10.1 Å². The Balaban J connectivity index is 0.00000385. The number of hydrogen-bond acceptors (Lipinski definition) is 8. The molecule has 33 heavy (non-hydrogen) atoms. The minimum absolute atomic E-state index is 0. The van der Waals surface area contributed by atoms with Gasteiger partial charge < -0.3 is 15.0 Å². The number of carbonyl (C=O) groups excluding carboxylic acids is 1. The van der Waals surface area contributed by atoms with Crippen molar-refractivity contribution in [3.63, 3.8) is 0 Å². The summed E-state index contributed by atoms with van der Waals surface area (Å²) in [5.74, 6) is -2.19. The molecule has 1 atom stereocenters. The summed E-state index contributed by atoms with van der Waals surface area (Å²) < 4.78 is 45.3. The molecule has 0 saturated carbocycles. The van der Waals surface area contributed by atoms with Crippen LogP contribution in [0.5, 0.6) is 0 Å². The zero-order chi connectivity index (χ0) is 23.6. The van der Waals surface area contributed by atoms with Crippen LogP contribution >= 0.6 is 24.2 Å². The van der Waals surface area contributed by atoms with Crippen LogP contribution in [0.3, 0.4) is 0 Å². The first kappa shape index (κ1) is 26.5. The molecule has 0 fully saturated rings. The van der Waals surface area contributed by atoms with Gasteiger partial charge in [0, 0.05) is 13.6 Å². The third kappa shape index (κ3) is 5.44. The van der Waals surface area contributed by atoms with Crippen molar-refractivity contribution in [2.75, 3.05) is 26.7 Å². The van der Waals surface area contributed by atoms with E-state index in [2.05, 4.69) is 10.3 Å². The van der Waals surface area contributed by atoms with E-state index < -0.39 is 28.6 Å². The van der Waals surface area contributed by atoms with Gasteiger partial charge in [-0.3, -0.25) is 15.1 Å². The highest BCUT2D eigenvalue weighted by molar-refractivity contribution is 8.17. The number of hydrogen-bond donors (Lipinski definition) is 1. The lowest BCUT2D eigenvalue weighted by molar-refractivity contribution is -0.431. The predicted molar refractivity (Wildman–Crippen MR) is 120 cm³/mol. The van der Waals surface area contributed by atoms with E-state index in [1.54, 1.807) is 14.0 Å². The molecule has 0 saturated heterocycles. The van der Waals surface area contributed by atoms with Gasteiger partial charge in [0.15, 0.2) is 5.17 Å². The highest BCUT2D eigenvalue weighted by Crippen LogP contribution is 2.46. The SMILES string of the molecule is CCOC(=O)C1=C(SC2=NCCN2)N(C)C(C)=C([N+](=O)[O-])C1c1cccc(C(F)(F)F)c1.Cl. The Bertz CT molecular complexity index is 1040. The lowest BCUT2D eigenvalue weighted by Gasteiger charge is -2.33. The number of nitrogens with one attached hydrogen (secondary N) is 1. The van der Waals surface area contributed by atoms with Crippen LogP contribution in [0.25, 0.3) is 0 Å². The van der Waals surface area contributed by atoms with Crippen LogP contribution < -0.4 is 5.32 Å². The number of ether oxygens (including phenoxy) is 1. The second kappa shape index (κ2) is 10.5. The third-order valence-corrected chi connectivity index (χ3v) is 6.20. The number of carbonyl (C=O) groups is 1. The molecule has 180 valence electrons. The number of thioether (sulfide) groups is 1. The minimum atomic E-state index is -4.65. The van der Waals surface area contributed by atoms with Crippen molar-refractivity contribution in [2.45, 2.75) is 25.9 Å². The predicted octanol–water partition coefficient (Wildman–Crippen LogP) is 4.13. The van der Waals surface area contributed by atoms with E-state index in [0.717, 1.165) is 23.9 Å². The summed E-state index contributed by atoms with van der Waals surface area (Å²) >= 11 is 1.09. The summed E-state index contributed by atoms with van der Waals surface area (Å²) in [4.78, 5) is 30.1. The number of halogens is 4. The first-order valence-electron chi connectivity index (χ1n) is 9.69. The lowest BCUT2D eigenvalue weighted by atomic mass is 9.84. The molecule has 0 amide bonds. The third-order valence-electron chi connectivity index (χ3n) is 5.05. The number of aliphatic imine (C=N–C) groups is 1. The van der Waals surface area contributed by atoms with E-state index in [1.807, 2.05) is 0 Å². The topological polar surface area (TPSA) is 97.1 Å². The molecule has 3 rings (SSSR count). The maximum absolute atomic E-state index is 13.4. The molecular formula is C20H22ClF3N4O4S. The van der Waals surface area contributed by atoms with E-state index in [9.17, 15) is 28.1 Å². The van der Waals surface area contributed by atoms with Crippen LogP contribution in [0.15, 0.2) is 51.3 Å². The fourth-order valence-electron chi connectivity index (χ4n) is 3.50. The van der Waals surface area contributed by atoms with Crippen molar-refractivity contribution >= 4 is 35.3 Å². The van der Waals surface area contributed by atoms with Crippen molar-refractivity contribution in [1.82, 2.24) is 10.2 Å².